The van der Waals surface area contributed by atoms with Crippen LogP contribution in [0.4, 0.5) is 0 Å². The highest BCUT2D eigenvalue weighted by atomic mass is 35.5. The van der Waals surface area contributed by atoms with Gasteiger partial charge in [-0.05, 0) is 32.4 Å². The molecule has 0 aromatic carbocycles. The highest BCUT2D eigenvalue weighted by Gasteiger charge is 2.11. The average molecular weight is 210 g/mol. The summed E-state index contributed by atoms with van der Waals surface area (Å²) < 4.78 is 1.84. The molecule has 1 atom stereocenters. The van der Waals surface area contributed by atoms with Crippen LogP contribution in [0.3, 0.4) is 0 Å². The molecule has 0 aliphatic carbocycles. The molecule has 0 amide bonds. The Kier molecular flexibility index (Phi) is 2.19. The minimum absolute atomic E-state index is 0.145. The van der Waals surface area contributed by atoms with Crippen LogP contribution in [0, 0.1) is 13.8 Å². The molecule has 0 spiro atoms. The number of pyridine rings is 1. The highest BCUT2D eigenvalue weighted by molar-refractivity contribution is 6.20. The van der Waals surface area contributed by atoms with E-state index < -0.39 is 0 Å². The molecule has 0 N–H and O–H groups in total. The molecule has 2 aromatic rings. The normalized spacial score (nSPS) is 13.4. The van der Waals surface area contributed by atoms with Crippen LogP contribution in [0.15, 0.2) is 12.1 Å². The lowest BCUT2D eigenvalue weighted by Gasteiger charge is -1.98. The van der Waals surface area contributed by atoms with E-state index in [1.165, 1.54) is 0 Å². The highest BCUT2D eigenvalue weighted by Crippen LogP contribution is 2.18. The number of fused-ring (bicyclic) bond motifs is 1. The molecule has 4 heteroatoms. The zero-order chi connectivity index (χ0) is 10.3. The Morgan fingerprint density at radius 2 is 2.07 bits per heavy atom. The Hall–Kier alpha value is -1.09. The number of nitrogens with zero attached hydrogens (tertiary/aromatic N) is 3. The molecule has 2 heterocycles. The quantitative estimate of drug-likeness (QED) is 0.676. The Morgan fingerprint density at radius 3 is 2.64 bits per heavy atom. The van der Waals surface area contributed by atoms with E-state index in [2.05, 4.69) is 10.1 Å². The van der Waals surface area contributed by atoms with Gasteiger partial charge in [-0.15, -0.1) is 16.7 Å². The molecule has 0 fully saturated rings. The van der Waals surface area contributed by atoms with Crippen molar-refractivity contribution in [2.75, 3.05) is 0 Å². The summed E-state index contributed by atoms with van der Waals surface area (Å²) in [7, 11) is 0. The number of halogens is 1. The van der Waals surface area contributed by atoms with Gasteiger partial charge in [0.25, 0.3) is 0 Å². The maximum absolute atomic E-state index is 5.94. The first-order chi connectivity index (χ1) is 6.59. The summed E-state index contributed by atoms with van der Waals surface area (Å²) >= 11 is 5.94. The summed E-state index contributed by atoms with van der Waals surface area (Å²) in [5.74, 6) is 0.684. The van der Waals surface area contributed by atoms with Gasteiger partial charge >= 0.3 is 0 Å². The Bertz CT molecular complexity index is 434. The van der Waals surface area contributed by atoms with Gasteiger partial charge in [0.05, 0.1) is 5.38 Å². The fraction of sp³-hybridized carbons (Fsp3) is 0.400. The molecule has 0 saturated heterocycles. The van der Waals surface area contributed by atoms with E-state index in [1.54, 1.807) is 0 Å². The largest absolute Gasteiger partial charge is 0.218 e. The minimum atomic E-state index is -0.145. The van der Waals surface area contributed by atoms with Crippen LogP contribution < -0.4 is 0 Å². The molecule has 74 valence electrons. The van der Waals surface area contributed by atoms with Crippen LogP contribution in [0.5, 0.6) is 0 Å². The van der Waals surface area contributed by atoms with Crippen molar-refractivity contribution in [1.29, 1.82) is 0 Å². The van der Waals surface area contributed by atoms with Gasteiger partial charge < -0.3 is 0 Å². The minimum Gasteiger partial charge on any atom is -0.218 e. The molecule has 2 rings (SSSR count). The Morgan fingerprint density at radius 1 is 1.36 bits per heavy atom. The number of rotatable bonds is 1. The lowest BCUT2D eigenvalue weighted by molar-refractivity contribution is 0.846. The fourth-order valence-corrected chi connectivity index (χ4v) is 1.48. The monoisotopic (exact) mass is 209 g/mol. The molecule has 14 heavy (non-hydrogen) atoms. The van der Waals surface area contributed by atoms with Crippen LogP contribution in [0.2, 0.25) is 0 Å². The second-order valence-electron chi connectivity index (χ2n) is 3.48. The van der Waals surface area contributed by atoms with E-state index in [-0.39, 0.29) is 5.38 Å². The summed E-state index contributed by atoms with van der Waals surface area (Å²) in [6.45, 7) is 5.90. The second-order valence-corrected chi connectivity index (χ2v) is 4.13. The van der Waals surface area contributed by atoms with Gasteiger partial charge in [-0.2, -0.15) is 0 Å². The molecule has 0 aliphatic rings. The van der Waals surface area contributed by atoms with Crippen molar-refractivity contribution in [3.63, 3.8) is 0 Å². The third-order valence-electron chi connectivity index (χ3n) is 2.24. The molecule has 3 nitrogen and oxygen atoms in total. The molecular weight excluding hydrogens is 198 g/mol. The van der Waals surface area contributed by atoms with E-state index >= 15 is 0 Å². The molecule has 0 radical (unpaired) electrons. The first kappa shape index (κ1) is 9.46. The lowest BCUT2D eigenvalue weighted by Crippen LogP contribution is -1.95. The maximum atomic E-state index is 5.94. The van der Waals surface area contributed by atoms with Crippen molar-refractivity contribution in [1.82, 2.24) is 14.6 Å². The first-order valence-corrected chi connectivity index (χ1v) is 5.00. The van der Waals surface area contributed by atoms with Crippen molar-refractivity contribution < 1.29 is 0 Å². The van der Waals surface area contributed by atoms with Gasteiger partial charge in [0, 0.05) is 5.69 Å². The van der Waals surface area contributed by atoms with Crippen LogP contribution >= 0.6 is 11.6 Å². The lowest BCUT2D eigenvalue weighted by atomic mass is 10.3. The van der Waals surface area contributed by atoms with E-state index in [1.807, 2.05) is 37.4 Å². The van der Waals surface area contributed by atoms with Crippen LogP contribution in [-0.2, 0) is 0 Å². The molecule has 0 saturated carbocycles. The molecule has 0 aliphatic heterocycles. The van der Waals surface area contributed by atoms with Gasteiger partial charge in [0.1, 0.15) is 0 Å². The van der Waals surface area contributed by atoms with E-state index in [0.717, 1.165) is 16.9 Å². The van der Waals surface area contributed by atoms with Gasteiger partial charge in [0.2, 0.25) is 0 Å². The van der Waals surface area contributed by atoms with Gasteiger partial charge in [-0.1, -0.05) is 6.07 Å². The summed E-state index contributed by atoms with van der Waals surface area (Å²) in [6, 6.07) is 4.07. The van der Waals surface area contributed by atoms with Crippen molar-refractivity contribution in [2.24, 2.45) is 0 Å². The van der Waals surface area contributed by atoms with Crippen molar-refractivity contribution in [3.8, 4) is 0 Å². The van der Waals surface area contributed by atoms with Crippen molar-refractivity contribution in [2.45, 2.75) is 26.1 Å². The maximum Gasteiger partial charge on any atom is 0.169 e. The molecule has 0 bridgehead atoms. The SMILES string of the molecule is Cc1ccc(C)n2nc(C(C)Cl)nc12. The van der Waals surface area contributed by atoms with E-state index in [4.69, 9.17) is 11.6 Å². The van der Waals surface area contributed by atoms with Gasteiger partial charge in [-0.25, -0.2) is 9.50 Å². The van der Waals surface area contributed by atoms with E-state index in [9.17, 15) is 0 Å². The van der Waals surface area contributed by atoms with E-state index in [0.29, 0.717) is 5.82 Å². The summed E-state index contributed by atoms with van der Waals surface area (Å²) in [6.07, 6.45) is 0. The van der Waals surface area contributed by atoms with Crippen LogP contribution in [0.25, 0.3) is 5.65 Å². The standard InChI is InChI=1S/C10H12ClN3/c1-6-4-5-7(2)14-10(6)12-9(13-14)8(3)11/h4-5,8H,1-3H3. The summed E-state index contributed by atoms with van der Waals surface area (Å²) in [4.78, 5) is 4.39. The number of aryl methyl sites for hydroxylation is 2. The number of hydrogen-bond donors (Lipinski definition) is 0. The van der Waals surface area contributed by atoms with Gasteiger partial charge in [0.15, 0.2) is 11.5 Å². The third kappa shape index (κ3) is 1.38. The topological polar surface area (TPSA) is 30.2 Å². The number of alkyl halides is 1. The predicted octanol–water partition coefficient (Wildman–Crippen LogP) is 2.65. The first-order valence-electron chi connectivity index (χ1n) is 4.56. The summed E-state index contributed by atoms with van der Waals surface area (Å²) in [5.41, 5.74) is 3.08. The number of hydrogen-bond acceptors (Lipinski definition) is 2. The Labute approximate surface area is 87.7 Å². The molecule has 2 aromatic heterocycles. The smallest absolute Gasteiger partial charge is 0.169 e. The average Bonchev–Trinajstić information content (AvgIpc) is 2.57. The Balaban J connectivity index is 2.75. The second kappa shape index (κ2) is 3.24. The van der Waals surface area contributed by atoms with Crippen LogP contribution in [0.1, 0.15) is 29.4 Å². The molecular formula is C10H12ClN3. The predicted molar refractivity (Wildman–Crippen MR) is 56.7 cm³/mol. The zero-order valence-electron chi connectivity index (χ0n) is 8.45. The van der Waals surface area contributed by atoms with Crippen molar-refractivity contribution in [3.05, 3.63) is 29.2 Å². The van der Waals surface area contributed by atoms with Crippen LogP contribution in [-0.4, -0.2) is 14.6 Å². The number of aromatic nitrogens is 3. The molecule has 1 unspecified atom stereocenters. The fourth-order valence-electron chi connectivity index (χ4n) is 1.39. The van der Waals surface area contributed by atoms with Crippen molar-refractivity contribution >= 4 is 17.2 Å². The van der Waals surface area contributed by atoms with Gasteiger partial charge in [-0.3, -0.25) is 0 Å². The third-order valence-corrected chi connectivity index (χ3v) is 2.44. The summed E-state index contributed by atoms with van der Waals surface area (Å²) in [5, 5.41) is 4.20. The zero-order valence-corrected chi connectivity index (χ0v) is 9.21.